The van der Waals surface area contributed by atoms with Crippen molar-refractivity contribution in [1.29, 1.82) is 0 Å². The van der Waals surface area contributed by atoms with Crippen LogP contribution in [0.3, 0.4) is 0 Å². The van der Waals surface area contributed by atoms with E-state index in [1.54, 1.807) is 0 Å². The second kappa shape index (κ2) is 30.9. The summed E-state index contributed by atoms with van der Waals surface area (Å²) in [6.45, 7) is 0. The zero-order chi connectivity index (χ0) is 91.0. The summed E-state index contributed by atoms with van der Waals surface area (Å²) in [5, 5.41) is 23.8. The quantitative estimate of drug-likeness (QED) is 0.144. The summed E-state index contributed by atoms with van der Waals surface area (Å²) in [4.78, 5) is 5.12. The Balaban J connectivity index is 0.000000101. The number of rotatable bonds is 9. The van der Waals surface area contributed by atoms with Crippen molar-refractivity contribution in [2.24, 2.45) is 0 Å². The molecule has 0 N–H and O–H groups in total. The lowest BCUT2D eigenvalue weighted by Gasteiger charge is -2.10. The highest BCUT2D eigenvalue weighted by atomic mass is 16.3. The van der Waals surface area contributed by atoms with Crippen LogP contribution in [0.2, 0.25) is 0 Å². The van der Waals surface area contributed by atoms with Crippen LogP contribution in [-0.2, 0) is 0 Å². The van der Waals surface area contributed by atoms with Crippen LogP contribution in [0.25, 0.3) is 275 Å². The molecule has 0 amide bonds. The molecule has 10 aromatic heterocycles. The van der Waals surface area contributed by atoms with Gasteiger partial charge in [0.1, 0.15) is 16.7 Å². The molecule has 10 heteroatoms. The monoisotopic (exact) mass is 1770 g/mol. The molecule has 0 saturated carbocycles. The highest BCUT2D eigenvalue weighted by molar-refractivity contribution is 6.31. The Kier molecular flexibility index (Phi) is 17.3. The largest absolute Gasteiger partial charge is 0.454 e. The van der Waals surface area contributed by atoms with Crippen molar-refractivity contribution in [2.75, 3.05) is 0 Å². The summed E-state index contributed by atoms with van der Waals surface area (Å²) in [6.07, 6.45) is 0. The fourth-order valence-electron chi connectivity index (χ4n) is 22.6. The van der Waals surface area contributed by atoms with Gasteiger partial charge >= 0.3 is 0 Å². The van der Waals surface area contributed by atoms with Gasteiger partial charge in [0.15, 0.2) is 16.7 Å². The van der Waals surface area contributed by atoms with E-state index in [1.165, 1.54) is 103 Å². The maximum Gasteiger partial charge on any atom is 0.160 e. The first-order chi connectivity index (χ1) is 69.0. The maximum atomic E-state index is 6.67. The van der Waals surface area contributed by atoms with E-state index in [-0.39, 0.29) is 0 Å². The lowest BCUT2D eigenvalue weighted by Crippen LogP contribution is -1.95. The third-order valence-electron chi connectivity index (χ3n) is 28.7. The van der Waals surface area contributed by atoms with Crippen molar-refractivity contribution >= 4 is 207 Å². The number of furan rings is 3. The van der Waals surface area contributed by atoms with E-state index in [2.05, 4.69) is 482 Å². The smallest absolute Gasteiger partial charge is 0.160 e. The standard InChI is InChI=1S/C47H29N3O.C42H26N2O.C40H24N2O/c1-4-13-30(14-5-1)40-20-12-21-41(48-40)31-23-26-42-37(27-31)39-28-38-35-24-25-36-34-19-10-11-22-45(34)51-47(36)46(35)50(33-17-8-3-9-18-33)44(38)29-43(39)49(42)32-15-6-2-7-16-32;1-4-12-27(13-5-1)28-20-23-37-34(24-28)36-25-35-32-21-22-33-31-18-10-11-19-40(31)45-42(33)41(32)44(30-16-8-3-9-17-30)39(35)26-38(36)43(37)29-14-6-2-7-15-29;1-3-12-26(13-4-1)41-34-22-19-25-11-7-8-16-28(25)38(34)33-23-32-30-20-21-31-29-17-9-10-18-37(29)43-40(31)39(30)42(35(32)24-36(33)41)27-14-5-2-6-15-27/h1-29H;1-26H;1-24H. The van der Waals surface area contributed by atoms with Crippen LogP contribution in [0.15, 0.2) is 492 Å². The predicted octanol–water partition coefficient (Wildman–Crippen LogP) is 34.9. The Hall–Kier alpha value is -18.8. The van der Waals surface area contributed by atoms with Crippen molar-refractivity contribution in [1.82, 2.24) is 32.4 Å². The topological polar surface area (TPSA) is 81.9 Å². The summed E-state index contributed by atoms with van der Waals surface area (Å²) < 4.78 is 34.3. The fourth-order valence-corrected chi connectivity index (χ4v) is 22.6. The molecule has 0 bridgehead atoms. The van der Waals surface area contributed by atoms with E-state index in [0.29, 0.717) is 0 Å². The van der Waals surface area contributed by atoms with Gasteiger partial charge in [-0.15, -0.1) is 0 Å². The molecule has 0 unspecified atom stereocenters. The number of para-hydroxylation sites is 9. The molecule has 0 aliphatic rings. The molecule has 0 aliphatic heterocycles. The molecule has 0 saturated heterocycles. The number of benzene rings is 21. The second-order valence-electron chi connectivity index (χ2n) is 36.3. The van der Waals surface area contributed by atoms with Crippen LogP contribution in [0.1, 0.15) is 0 Å². The van der Waals surface area contributed by atoms with E-state index in [9.17, 15) is 0 Å². The Labute approximate surface area is 794 Å². The Morgan fingerprint density at radius 1 is 0.151 bits per heavy atom. The van der Waals surface area contributed by atoms with Gasteiger partial charge in [-0.1, -0.05) is 291 Å². The molecule has 0 atom stereocenters. The van der Waals surface area contributed by atoms with Gasteiger partial charge in [-0.2, -0.15) is 0 Å². The highest BCUT2D eigenvalue weighted by Crippen LogP contribution is 2.50. The summed E-state index contributed by atoms with van der Waals surface area (Å²) in [7, 11) is 0. The second-order valence-corrected chi connectivity index (χ2v) is 36.3. The number of hydrogen-bond acceptors (Lipinski definition) is 4. The van der Waals surface area contributed by atoms with E-state index in [4.69, 9.17) is 18.2 Å². The van der Waals surface area contributed by atoms with Crippen molar-refractivity contribution in [2.45, 2.75) is 0 Å². The third-order valence-corrected chi connectivity index (χ3v) is 28.7. The van der Waals surface area contributed by atoms with Gasteiger partial charge in [0.05, 0.1) is 77.6 Å². The molecular formula is C129H79N7O3. The molecule has 648 valence electrons. The average Bonchev–Trinajstić information content (AvgIpc) is 1.53. The molecule has 21 aromatic carbocycles. The van der Waals surface area contributed by atoms with Gasteiger partial charge in [-0.3, -0.25) is 0 Å². The lowest BCUT2D eigenvalue weighted by molar-refractivity contribution is 0.670. The first-order valence-corrected chi connectivity index (χ1v) is 47.4. The molecule has 0 spiro atoms. The molecule has 139 heavy (non-hydrogen) atoms. The number of aromatic nitrogens is 7. The van der Waals surface area contributed by atoms with Gasteiger partial charge in [-0.05, 0) is 210 Å². The van der Waals surface area contributed by atoms with Gasteiger partial charge in [0.2, 0.25) is 0 Å². The molecule has 31 aromatic rings. The Bertz CT molecular complexity index is 10400. The zero-order valence-electron chi connectivity index (χ0n) is 75.0. The first kappa shape index (κ1) is 77.8. The predicted molar refractivity (Wildman–Crippen MR) is 579 cm³/mol. The minimum atomic E-state index is 0.897. The van der Waals surface area contributed by atoms with E-state index < -0.39 is 0 Å². The van der Waals surface area contributed by atoms with Crippen LogP contribution >= 0.6 is 0 Å². The first-order valence-electron chi connectivity index (χ1n) is 47.4. The number of hydrogen-bond donors (Lipinski definition) is 0. The zero-order valence-corrected chi connectivity index (χ0v) is 75.0. The molecule has 10 nitrogen and oxygen atoms in total. The van der Waals surface area contributed by atoms with Crippen molar-refractivity contribution in [3.63, 3.8) is 0 Å². The van der Waals surface area contributed by atoms with Crippen molar-refractivity contribution < 1.29 is 13.3 Å². The maximum absolute atomic E-state index is 6.67. The SMILES string of the molecule is c1ccc(-c2ccc3c(c2)c2cc4c5ccc6c7ccccc7oc6c5n(-c5ccccc5)c4cc2n3-c2ccccc2)cc1.c1ccc(-c2cccc(-c3ccc4c(c3)c3cc5c6ccc7c8ccccc8oc7c6n(-c6ccccc6)c5cc3n4-c3ccccc3)n2)cc1.c1ccc(-n2c3cc4c(cc3c3c5ccccc5ccc32)c2ccc3c5ccccc5oc3c2n4-c2ccccc2)cc1. The van der Waals surface area contributed by atoms with Crippen LogP contribution < -0.4 is 0 Å². The van der Waals surface area contributed by atoms with Gasteiger partial charge in [0.25, 0.3) is 0 Å². The van der Waals surface area contributed by atoms with Crippen LogP contribution in [0.5, 0.6) is 0 Å². The van der Waals surface area contributed by atoms with Crippen LogP contribution in [-0.4, -0.2) is 32.4 Å². The van der Waals surface area contributed by atoms with Crippen molar-refractivity contribution in [3.8, 4) is 67.8 Å². The molecule has 10 heterocycles. The average molecular weight is 1780 g/mol. The molecule has 31 rings (SSSR count). The Morgan fingerprint density at radius 2 is 0.439 bits per heavy atom. The molecular weight excluding hydrogens is 1700 g/mol. The number of pyridine rings is 1. The molecule has 0 aliphatic carbocycles. The third kappa shape index (κ3) is 12.0. The van der Waals surface area contributed by atoms with Gasteiger partial charge in [-0.25, -0.2) is 4.98 Å². The van der Waals surface area contributed by atoms with Crippen LogP contribution in [0, 0.1) is 0 Å². The summed E-state index contributed by atoms with van der Waals surface area (Å²) in [5.74, 6) is 0. The Morgan fingerprint density at radius 3 is 0.856 bits per heavy atom. The summed E-state index contributed by atoms with van der Waals surface area (Å²) in [5.41, 5.74) is 32.5. The summed E-state index contributed by atoms with van der Waals surface area (Å²) in [6, 6.07) is 171. The summed E-state index contributed by atoms with van der Waals surface area (Å²) >= 11 is 0. The van der Waals surface area contributed by atoms with Crippen molar-refractivity contribution in [3.05, 3.63) is 479 Å². The van der Waals surface area contributed by atoms with E-state index in [0.717, 1.165) is 172 Å². The van der Waals surface area contributed by atoms with Gasteiger partial charge < -0.3 is 40.7 Å². The van der Waals surface area contributed by atoms with Crippen LogP contribution in [0.4, 0.5) is 0 Å². The number of fused-ring (bicyclic) bond motifs is 32. The van der Waals surface area contributed by atoms with E-state index in [1.807, 2.05) is 24.3 Å². The highest BCUT2D eigenvalue weighted by Gasteiger charge is 2.29. The lowest BCUT2D eigenvalue weighted by atomic mass is 10.0. The molecule has 0 radical (unpaired) electrons. The fraction of sp³-hybridized carbons (Fsp3) is 0. The van der Waals surface area contributed by atoms with Gasteiger partial charge in [0, 0.05) is 142 Å². The molecule has 0 fully saturated rings. The van der Waals surface area contributed by atoms with E-state index >= 15 is 0 Å². The normalized spacial score (nSPS) is 12.0. The minimum Gasteiger partial charge on any atom is -0.454 e. The minimum absolute atomic E-state index is 0.897. The number of nitrogens with zero attached hydrogens (tertiary/aromatic N) is 7.